The molecule has 0 spiro atoms. The Kier molecular flexibility index (Phi) is 4.26. The second kappa shape index (κ2) is 5.91. The Balaban J connectivity index is 2.02. The SMILES string of the molecule is COCc1ccc(C(=O)C2CCC(=O)CC2)cc1. The molecule has 0 bridgehead atoms. The molecule has 0 aromatic heterocycles. The molecule has 1 aromatic rings. The molecular formula is C15H18O3. The van der Waals surface area contributed by atoms with Gasteiger partial charge in [-0.3, -0.25) is 9.59 Å². The van der Waals surface area contributed by atoms with Crippen molar-refractivity contribution in [3.63, 3.8) is 0 Å². The van der Waals surface area contributed by atoms with Crippen molar-refractivity contribution in [3.8, 4) is 0 Å². The Bertz CT molecular complexity index is 424. The van der Waals surface area contributed by atoms with E-state index in [1.807, 2.05) is 24.3 Å². The number of carbonyl (C=O) groups is 2. The first-order valence-electron chi connectivity index (χ1n) is 6.34. The zero-order valence-corrected chi connectivity index (χ0v) is 10.6. The number of ether oxygens (including phenoxy) is 1. The van der Waals surface area contributed by atoms with Crippen LogP contribution in [0.15, 0.2) is 24.3 Å². The number of ketones is 2. The highest BCUT2D eigenvalue weighted by Gasteiger charge is 2.25. The second-order valence-electron chi connectivity index (χ2n) is 4.81. The lowest BCUT2D eigenvalue weighted by molar-refractivity contribution is -0.120. The fourth-order valence-electron chi connectivity index (χ4n) is 2.37. The van der Waals surface area contributed by atoms with Gasteiger partial charge in [-0.1, -0.05) is 24.3 Å². The molecule has 1 saturated carbocycles. The summed E-state index contributed by atoms with van der Waals surface area (Å²) in [4.78, 5) is 23.4. The molecule has 1 aliphatic carbocycles. The van der Waals surface area contributed by atoms with Gasteiger partial charge in [-0.05, 0) is 18.4 Å². The summed E-state index contributed by atoms with van der Waals surface area (Å²) in [6.07, 6.45) is 2.52. The van der Waals surface area contributed by atoms with E-state index < -0.39 is 0 Å². The van der Waals surface area contributed by atoms with Gasteiger partial charge in [-0.15, -0.1) is 0 Å². The smallest absolute Gasteiger partial charge is 0.165 e. The van der Waals surface area contributed by atoms with Crippen molar-refractivity contribution in [1.29, 1.82) is 0 Å². The number of benzene rings is 1. The predicted octanol–water partition coefficient (Wildman–Crippen LogP) is 2.78. The summed E-state index contributed by atoms with van der Waals surface area (Å²) in [5.74, 6) is 0.483. The van der Waals surface area contributed by atoms with Gasteiger partial charge in [-0.2, -0.15) is 0 Å². The van der Waals surface area contributed by atoms with E-state index in [2.05, 4.69) is 0 Å². The van der Waals surface area contributed by atoms with Gasteiger partial charge < -0.3 is 4.74 Å². The lowest BCUT2D eigenvalue weighted by Crippen LogP contribution is -2.21. The number of rotatable bonds is 4. The average molecular weight is 246 g/mol. The number of methoxy groups -OCH3 is 1. The normalized spacial score (nSPS) is 16.8. The first kappa shape index (κ1) is 13.0. The molecule has 3 heteroatoms. The number of carbonyl (C=O) groups excluding carboxylic acids is 2. The van der Waals surface area contributed by atoms with Gasteiger partial charge in [-0.25, -0.2) is 0 Å². The van der Waals surface area contributed by atoms with E-state index in [9.17, 15) is 9.59 Å². The van der Waals surface area contributed by atoms with Gasteiger partial charge in [0.15, 0.2) is 5.78 Å². The maximum atomic E-state index is 12.2. The number of Topliss-reactive ketones (excluding diaryl/α,β-unsaturated/α-hetero) is 2. The minimum atomic E-state index is 0.0241. The summed E-state index contributed by atoms with van der Waals surface area (Å²) in [5.41, 5.74) is 1.81. The molecule has 96 valence electrons. The highest BCUT2D eigenvalue weighted by molar-refractivity contribution is 5.98. The lowest BCUT2D eigenvalue weighted by atomic mass is 9.83. The third kappa shape index (κ3) is 3.05. The Labute approximate surface area is 107 Å². The largest absolute Gasteiger partial charge is 0.380 e. The van der Waals surface area contributed by atoms with Gasteiger partial charge in [0.05, 0.1) is 6.61 Å². The Morgan fingerprint density at radius 1 is 1.22 bits per heavy atom. The summed E-state index contributed by atoms with van der Waals surface area (Å²) >= 11 is 0. The number of hydrogen-bond donors (Lipinski definition) is 0. The topological polar surface area (TPSA) is 43.4 Å². The van der Waals surface area contributed by atoms with Gasteiger partial charge >= 0.3 is 0 Å². The van der Waals surface area contributed by atoms with Gasteiger partial charge in [0.1, 0.15) is 5.78 Å². The quantitative estimate of drug-likeness (QED) is 0.767. The molecular weight excluding hydrogens is 228 g/mol. The van der Waals surface area contributed by atoms with Crippen LogP contribution in [0.3, 0.4) is 0 Å². The molecule has 1 aliphatic rings. The van der Waals surface area contributed by atoms with Crippen LogP contribution in [0.4, 0.5) is 0 Å². The lowest BCUT2D eigenvalue weighted by Gasteiger charge is -2.19. The van der Waals surface area contributed by atoms with E-state index in [1.54, 1.807) is 7.11 Å². The van der Waals surface area contributed by atoms with Crippen molar-refractivity contribution in [1.82, 2.24) is 0 Å². The van der Waals surface area contributed by atoms with E-state index in [-0.39, 0.29) is 17.5 Å². The fraction of sp³-hybridized carbons (Fsp3) is 0.467. The van der Waals surface area contributed by atoms with Crippen LogP contribution in [0.5, 0.6) is 0 Å². The molecule has 1 aromatic carbocycles. The predicted molar refractivity (Wildman–Crippen MR) is 68.5 cm³/mol. The van der Waals surface area contributed by atoms with E-state index in [1.165, 1.54) is 0 Å². The first-order valence-corrected chi connectivity index (χ1v) is 6.34. The molecule has 0 unspecified atom stereocenters. The van der Waals surface area contributed by atoms with Crippen molar-refractivity contribution >= 4 is 11.6 Å². The van der Waals surface area contributed by atoms with E-state index >= 15 is 0 Å². The van der Waals surface area contributed by atoms with Crippen molar-refractivity contribution < 1.29 is 14.3 Å². The van der Waals surface area contributed by atoms with Crippen molar-refractivity contribution in [2.75, 3.05) is 7.11 Å². The van der Waals surface area contributed by atoms with E-state index in [0.717, 1.165) is 11.1 Å². The van der Waals surface area contributed by atoms with Crippen LogP contribution in [-0.4, -0.2) is 18.7 Å². The van der Waals surface area contributed by atoms with E-state index in [0.29, 0.717) is 32.3 Å². The van der Waals surface area contributed by atoms with Crippen molar-refractivity contribution in [2.45, 2.75) is 32.3 Å². The zero-order chi connectivity index (χ0) is 13.0. The number of hydrogen-bond acceptors (Lipinski definition) is 3. The van der Waals surface area contributed by atoms with Crippen LogP contribution in [0.1, 0.15) is 41.6 Å². The molecule has 0 amide bonds. The summed E-state index contributed by atoms with van der Waals surface area (Å²) in [5, 5.41) is 0. The van der Waals surface area contributed by atoms with Gasteiger partial charge in [0.2, 0.25) is 0 Å². The van der Waals surface area contributed by atoms with Crippen LogP contribution < -0.4 is 0 Å². The van der Waals surface area contributed by atoms with Crippen LogP contribution >= 0.6 is 0 Å². The molecule has 3 nitrogen and oxygen atoms in total. The molecule has 2 rings (SSSR count). The standard InChI is InChI=1S/C15H18O3/c1-18-10-11-2-4-12(5-3-11)15(17)13-6-8-14(16)9-7-13/h2-5,13H,6-10H2,1H3. The fourth-order valence-corrected chi connectivity index (χ4v) is 2.37. The van der Waals surface area contributed by atoms with Crippen LogP contribution in [0, 0.1) is 5.92 Å². The summed E-state index contributed by atoms with van der Waals surface area (Å²) in [6, 6.07) is 7.55. The first-order chi connectivity index (χ1) is 8.70. The second-order valence-corrected chi connectivity index (χ2v) is 4.81. The van der Waals surface area contributed by atoms with Gasteiger partial charge in [0, 0.05) is 31.4 Å². The molecule has 0 aliphatic heterocycles. The maximum Gasteiger partial charge on any atom is 0.165 e. The molecule has 0 heterocycles. The zero-order valence-electron chi connectivity index (χ0n) is 10.6. The minimum Gasteiger partial charge on any atom is -0.380 e. The Morgan fingerprint density at radius 3 is 2.39 bits per heavy atom. The third-order valence-corrected chi connectivity index (χ3v) is 3.46. The molecule has 18 heavy (non-hydrogen) atoms. The summed E-state index contributed by atoms with van der Waals surface area (Å²) in [6.45, 7) is 0.562. The van der Waals surface area contributed by atoms with Crippen molar-refractivity contribution in [3.05, 3.63) is 35.4 Å². The highest BCUT2D eigenvalue weighted by atomic mass is 16.5. The monoisotopic (exact) mass is 246 g/mol. The average Bonchev–Trinajstić information content (AvgIpc) is 2.40. The summed E-state index contributed by atoms with van der Waals surface area (Å²) in [7, 11) is 1.65. The van der Waals surface area contributed by atoms with Crippen LogP contribution in [0.2, 0.25) is 0 Å². The molecule has 0 saturated heterocycles. The maximum absolute atomic E-state index is 12.2. The van der Waals surface area contributed by atoms with Crippen LogP contribution in [-0.2, 0) is 16.1 Å². The Morgan fingerprint density at radius 2 is 1.83 bits per heavy atom. The Hall–Kier alpha value is -1.48. The highest BCUT2D eigenvalue weighted by Crippen LogP contribution is 2.25. The van der Waals surface area contributed by atoms with Crippen LogP contribution in [0.25, 0.3) is 0 Å². The molecule has 0 N–H and O–H groups in total. The summed E-state index contributed by atoms with van der Waals surface area (Å²) < 4.78 is 5.03. The minimum absolute atomic E-state index is 0.0241. The molecule has 0 radical (unpaired) electrons. The molecule has 0 atom stereocenters. The van der Waals surface area contributed by atoms with E-state index in [4.69, 9.17) is 4.74 Å². The third-order valence-electron chi connectivity index (χ3n) is 3.46. The van der Waals surface area contributed by atoms with Crippen molar-refractivity contribution in [2.24, 2.45) is 5.92 Å². The molecule has 1 fully saturated rings. The van der Waals surface area contributed by atoms with Gasteiger partial charge in [0.25, 0.3) is 0 Å².